The summed E-state index contributed by atoms with van der Waals surface area (Å²) in [6, 6.07) is 0. The molecule has 0 bridgehead atoms. The average molecular weight is 285 g/mol. The summed E-state index contributed by atoms with van der Waals surface area (Å²) >= 11 is 0. The summed E-state index contributed by atoms with van der Waals surface area (Å²) in [7, 11) is 0. The van der Waals surface area contributed by atoms with E-state index in [1.54, 1.807) is 4.90 Å². The smallest absolute Gasteiger partial charge is 0.410 e. The van der Waals surface area contributed by atoms with Crippen LogP contribution in [0.25, 0.3) is 0 Å². The van der Waals surface area contributed by atoms with Gasteiger partial charge < -0.3 is 19.5 Å². The van der Waals surface area contributed by atoms with Crippen LogP contribution in [-0.2, 0) is 14.3 Å². The lowest BCUT2D eigenvalue weighted by atomic mass is 9.87. The van der Waals surface area contributed by atoms with Gasteiger partial charge in [-0.3, -0.25) is 4.79 Å². The number of piperidine rings is 1. The molecule has 1 spiro atoms. The summed E-state index contributed by atoms with van der Waals surface area (Å²) in [5, 5.41) is 9.07. The molecule has 0 aliphatic carbocycles. The highest BCUT2D eigenvalue weighted by molar-refractivity contribution is 5.71. The van der Waals surface area contributed by atoms with Crippen LogP contribution < -0.4 is 0 Å². The zero-order valence-corrected chi connectivity index (χ0v) is 12.3. The van der Waals surface area contributed by atoms with E-state index < -0.39 is 23.1 Å². The van der Waals surface area contributed by atoms with Gasteiger partial charge in [0.25, 0.3) is 0 Å². The summed E-state index contributed by atoms with van der Waals surface area (Å²) in [4.78, 5) is 24.8. The number of ether oxygens (including phenoxy) is 2. The number of carbonyl (C=O) groups is 2. The summed E-state index contributed by atoms with van der Waals surface area (Å²) in [5.41, 5.74) is -1.03. The van der Waals surface area contributed by atoms with Crippen LogP contribution in [0.2, 0.25) is 0 Å². The second-order valence-corrected chi connectivity index (χ2v) is 6.74. The van der Waals surface area contributed by atoms with E-state index in [2.05, 4.69) is 0 Å². The molecule has 2 fully saturated rings. The van der Waals surface area contributed by atoms with Crippen LogP contribution >= 0.6 is 0 Å². The summed E-state index contributed by atoms with van der Waals surface area (Å²) in [6.07, 6.45) is 1.74. The number of hydrogen-bond donors (Lipinski definition) is 1. The summed E-state index contributed by atoms with van der Waals surface area (Å²) < 4.78 is 11.1. The first-order valence-electron chi connectivity index (χ1n) is 7.05. The number of nitrogens with zero attached hydrogens (tertiary/aromatic N) is 1. The van der Waals surface area contributed by atoms with Gasteiger partial charge in [-0.2, -0.15) is 0 Å². The van der Waals surface area contributed by atoms with Crippen molar-refractivity contribution < 1.29 is 24.2 Å². The van der Waals surface area contributed by atoms with E-state index in [0.29, 0.717) is 19.5 Å². The van der Waals surface area contributed by atoms with Crippen molar-refractivity contribution >= 4 is 12.1 Å². The molecule has 2 aliphatic rings. The van der Waals surface area contributed by atoms with E-state index in [0.717, 1.165) is 12.8 Å². The topological polar surface area (TPSA) is 76.1 Å². The molecule has 1 N–H and O–H groups in total. The van der Waals surface area contributed by atoms with Crippen LogP contribution in [0.3, 0.4) is 0 Å². The van der Waals surface area contributed by atoms with Gasteiger partial charge in [0, 0.05) is 6.54 Å². The Morgan fingerprint density at radius 1 is 1.40 bits per heavy atom. The standard InChI is InChI=1S/C14H23NO5/c1-13(2,3)20-12(18)15-6-4-5-14(9-15)7-10(8-19-14)11(16)17/h10H,4-9H2,1-3H3,(H,16,17)/t10-,14+/m1/s1. The van der Waals surface area contributed by atoms with Gasteiger partial charge in [0.15, 0.2) is 0 Å². The monoisotopic (exact) mass is 285 g/mol. The average Bonchev–Trinajstić information content (AvgIpc) is 2.71. The van der Waals surface area contributed by atoms with Crippen LogP contribution in [0.4, 0.5) is 4.79 Å². The van der Waals surface area contributed by atoms with Crippen molar-refractivity contribution in [3.8, 4) is 0 Å². The van der Waals surface area contributed by atoms with Crippen molar-refractivity contribution in [2.75, 3.05) is 19.7 Å². The highest BCUT2D eigenvalue weighted by atomic mass is 16.6. The molecule has 6 heteroatoms. The summed E-state index contributed by atoms with van der Waals surface area (Å²) in [6.45, 7) is 6.78. The number of carboxylic acid groups (broad SMARTS) is 1. The molecular formula is C14H23NO5. The third-order valence-corrected chi connectivity index (χ3v) is 3.75. The third kappa shape index (κ3) is 3.42. The van der Waals surface area contributed by atoms with E-state index >= 15 is 0 Å². The molecule has 6 nitrogen and oxygen atoms in total. The molecule has 0 radical (unpaired) electrons. The number of carboxylic acids is 1. The lowest BCUT2D eigenvalue weighted by Gasteiger charge is -2.40. The van der Waals surface area contributed by atoms with E-state index in [9.17, 15) is 9.59 Å². The van der Waals surface area contributed by atoms with E-state index in [-0.39, 0.29) is 12.7 Å². The normalized spacial score (nSPS) is 30.6. The first kappa shape index (κ1) is 15.1. The minimum atomic E-state index is -0.823. The van der Waals surface area contributed by atoms with Gasteiger partial charge in [0.05, 0.1) is 24.7 Å². The number of rotatable bonds is 1. The Balaban J connectivity index is 1.99. The zero-order chi connectivity index (χ0) is 15.0. The predicted molar refractivity (Wildman–Crippen MR) is 71.5 cm³/mol. The first-order valence-corrected chi connectivity index (χ1v) is 7.05. The Labute approximate surface area is 119 Å². The van der Waals surface area contributed by atoms with Crippen molar-refractivity contribution in [1.29, 1.82) is 0 Å². The fourth-order valence-electron chi connectivity index (χ4n) is 2.87. The lowest BCUT2D eigenvalue weighted by molar-refractivity contribution is -0.141. The Morgan fingerprint density at radius 2 is 2.10 bits per heavy atom. The highest BCUT2D eigenvalue weighted by Gasteiger charge is 2.47. The molecule has 0 aromatic rings. The molecule has 20 heavy (non-hydrogen) atoms. The van der Waals surface area contributed by atoms with E-state index in [4.69, 9.17) is 14.6 Å². The number of aliphatic carboxylic acids is 1. The van der Waals surface area contributed by atoms with Gasteiger partial charge in [0.2, 0.25) is 0 Å². The molecule has 0 aromatic heterocycles. The first-order chi connectivity index (χ1) is 9.21. The highest BCUT2D eigenvalue weighted by Crippen LogP contribution is 2.37. The molecule has 2 saturated heterocycles. The Morgan fingerprint density at radius 3 is 2.65 bits per heavy atom. The van der Waals surface area contributed by atoms with Gasteiger partial charge in [-0.25, -0.2) is 4.79 Å². The minimum absolute atomic E-state index is 0.234. The van der Waals surface area contributed by atoms with Crippen molar-refractivity contribution in [2.24, 2.45) is 5.92 Å². The second-order valence-electron chi connectivity index (χ2n) is 6.74. The minimum Gasteiger partial charge on any atom is -0.481 e. The van der Waals surface area contributed by atoms with Crippen molar-refractivity contribution in [3.63, 3.8) is 0 Å². The number of hydrogen-bond acceptors (Lipinski definition) is 4. The second kappa shape index (κ2) is 5.24. The van der Waals surface area contributed by atoms with Gasteiger partial charge in [0.1, 0.15) is 5.60 Å². The van der Waals surface area contributed by atoms with Crippen LogP contribution in [-0.4, -0.2) is 53.0 Å². The van der Waals surface area contributed by atoms with Crippen molar-refractivity contribution in [2.45, 2.75) is 51.2 Å². The molecule has 0 saturated carbocycles. The molecular weight excluding hydrogens is 262 g/mol. The van der Waals surface area contributed by atoms with Crippen molar-refractivity contribution in [3.05, 3.63) is 0 Å². The SMILES string of the molecule is CC(C)(C)OC(=O)N1CCC[C@]2(C[C@@H](C(=O)O)CO2)C1. The predicted octanol–water partition coefficient (Wildman–Crippen LogP) is 1.88. The maximum atomic E-state index is 12.1. The van der Waals surface area contributed by atoms with Crippen LogP contribution in [0.1, 0.15) is 40.0 Å². The fourth-order valence-corrected chi connectivity index (χ4v) is 2.87. The molecule has 2 aliphatic heterocycles. The maximum absolute atomic E-state index is 12.1. The number of likely N-dealkylation sites (tertiary alicyclic amines) is 1. The molecule has 2 heterocycles. The Bertz CT molecular complexity index is 403. The van der Waals surface area contributed by atoms with Crippen LogP contribution in [0.5, 0.6) is 0 Å². The number of carbonyl (C=O) groups excluding carboxylic acids is 1. The Kier molecular flexibility index (Phi) is 3.95. The third-order valence-electron chi connectivity index (χ3n) is 3.75. The summed E-state index contributed by atoms with van der Waals surface area (Å²) in [5.74, 6) is -1.29. The molecule has 0 aromatic carbocycles. The fraction of sp³-hybridized carbons (Fsp3) is 0.857. The van der Waals surface area contributed by atoms with Crippen LogP contribution in [0, 0.1) is 5.92 Å². The molecule has 2 atom stereocenters. The maximum Gasteiger partial charge on any atom is 0.410 e. The quantitative estimate of drug-likeness (QED) is 0.796. The van der Waals surface area contributed by atoms with E-state index in [1.165, 1.54) is 0 Å². The molecule has 2 rings (SSSR count). The van der Waals surface area contributed by atoms with E-state index in [1.807, 2.05) is 20.8 Å². The van der Waals surface area contributed by atoms with Gasteiger partial charge in [-0.15, -0.1) is 0 Å². The lowest BCUT2D eigenvalue weighted by Crippen LogP contribution is -2.51. The zero-order valence-electron chi connectivity index (χ0n) is 12.3. The Hall–Kier alpha value is -1.30. The number of amides is 1. The molecule has 1 amide bonds. The van der Waals surface area contributed by atoms with Gasteiger partial charge >= 0.3 is 12.1 Å². The van der Waals surface area contributed by atoms with Crippen molar-refractivity contribution in [1.82, 2.24) is 4.90 Å². The molecule has 114 valence electrons. The molecule has 0 unspecified atom stereocenters. The van der Waals surface area contributed by atoms with Gasteiger partial charge in [-0.05, 0) is 40.0 Å². The van der Waals surface area contributed by atoms with Gasteiger partial charge in [-0.1, -0.05) is 0 Å². The van der Waals surface area contributed by atoms with Crippen LogP contribution in [0.15, 0.2) is 0 Å². The largest absolute Gasteiger partial charge is 0.481 e.